The minimum Gasteiger partial charge on any atom is -0.444 e. The number of ether oxygens (including phenoxy) is 2. The SMILES string of the molecule is C#CC(OC(=O)[C@@H]1C(C=C(C)C)C1(C)C)/C(C)=C/CC.CNC(=O)Oc1cccc2ccccc12. The first kappa shape index (κ1) is 27.7. The Bertz CT molecular complexity index is 1140. The molecule has 1 N–H and O–H groups in total. The quantitative estimate of drug-likeness (QED) is 0.287. The zero-order chi connectivity index (χ0) is 26.2. The predicted octanol–water partition coefficient (Wildman–Crippen LogP) is 6.68. The normalized spacial score (nSPS) is 18.7. The highest BCUT2D eigenvalue weighted by Gasteiger charge is 2.61. The number of carbonyl (C=O) groups excluding carboxylic acids is 2. The Morgan fingerprint density at radius 1 is 1.14 bits per heavy atom. The van der Waals surface area contributed by atoms with E-state index in [1.54, 1.807) is 6.07 Å². The molecule has 0 aromatic heterocycles. The van der Waals surface area contributed by atoms with Crippen molar-refractivity contribution in [2.45, 2.75) is 54.1 Å². The molecule has 0 saturated heterocycles. The summed E-state index contributed by atoms with van der Waals surface area (Å²) in [6.45, 7) is 12.2. The smallest absolute Gasteiger partial charge is 0.412 e. The van der Waals surface area contributed by atoms with Gasteiger partial charge < -0.3 is 14.8 Å². The molecule has 0 aliphatic heterocycles. The molecule has 0 heterocycles. The van der Waals surface area contributed by atoms with Crippen LogP contribution in [-0.4, -0.2) is 25.2 Å². The lowest BCUT2D eigenvalue weighted by molar-refractivity contribution is -0.147. The first-order valence-electron chi connectivity index (χ1n) is 11.9. The molecule has 2 aromatic rings. The fourth-order valence-corrected chi connectivity index (χ4v) is 4.11. The number of hydrogen-bond donors (Lipinski definition) is 1. The van der Waals surface area contributed by atoms with Crippen LogP contribution in [0.15, 0.2) is 65.8 Å². The zero-order valence-corrected chi connectivity index (χ0v) is 21.8. The van der Waals surface area contributed by atoms with Crippen molar-refractivity contribution in [3.8, 4) is 18.1 Å². The number of terminal acetylenes is 1. The van der Waals surface area contributed by atoms with E-state index in [0.717, 1.165) is 22.8 Å². The van der Waals surface area contributed by atoms with Gasteiger partial charge in [-0.1, -0.05) is 80.8 Å². The van der Waals surface area contributed by atoms with Gasteiger partial charge in [0.15, 0.2) is 6.10 Å². The van der Waals surface area contributed by atoms with Crippen molar-refractivity contribution in [3.63, 3.8) is 0 Å². The second kappa shape index (κ2) is 12.3. The molecular formula is C30H37NO4. The molecule has 0 spiro atoms. The van der Waals surface area contributed by atoms with Crippen molar-refractivity contribution in [1.82, 2.24) is 5.32 Å². The average molecular weight is 476 g/mol. The average Bonchev–Trinajstić information content (AvgIpc) is 3.36. The summed E-state index contributed by atoms with van der Waals surface area (Å²) in [5.74, 6) is 3.13. The van der Waals surface area contributed by atoms with Crippen LogP contribution in [0.5, 0.6) is 5.75 Å². The maximum Gasteiger partial charge on any atom is 0.412 e. The van der Waals surface area contributed by atoms with E-state index >= 15 is 0 Å². The Kier molecular flexibility index (Phi) is 9.71. The van der Waals surface area contributed by atoms with Gasteiger partial charge in [0.25, 0.3) is 0 Å². The number of hydrogen-bond acceptors (Lipinski definition) is 4. The highest BCUT2D eigenvalue weighted by molar-refractivity contribution is 5.90. The summed E-state index contributed by atoms with van der Waals surface area (Å²) in [7, 11) is 1.54. The largest absolute Gasteiger partial charge is 0.444 e. The van der Waals surface area contributed by atoms with Gasteiger partial charge in [0.1, 0.15) is 5.75 Å². The Morgan fingerprint density at radius 2 is 1.80 bits per heavy atom. The topological polar surface area (TPSA) is 64.6 Å². The first-order chi connectivity index (χ1) is 16.6. The van der Waals surface area contributed by atoms with E-state index < -0.39 is 12.2 Å². The molecule has 5 nitrogen and oxygen atoms in total. The molecule has 186 valence electrons. The van der Waals surface area contributed by atoms with Crippen LogP contribution in [0.2, 0.25) is 0 Å². The van der Waals surface area contributed by atoms with Crippen LogP contribution in [0.25, 0.3) is 10.8 Å². The lowest BCUT2D eigenvalue weighted by Gasteiger charge is -2.13. The summed E-state index contributed by atoms with van der Waals surface area (Å²) in [5, 5.41) is 4.41. The standard InChI is InChI=1S/C18H26O2.C12H11NO2/c1-8-10-13(5)15(9-2)20-17(19)16-14(11-12(3)4)18(16,6)7;1-13-12(14)15-11-8-4-6-9-5-2-3-7-10(9)11/h2,10-11,14-16H,8H2,1,3-7H3;2-8H,1H3,(H,13,14)/b13-10+;/t14?,15?,16-;/m0./s1. The van der Waals surface area contributed by atoms with Gasteiger partial charge in [-0.25, -0.2) is 4.79 Å². The summed E-state index contributed by atoms with van der Waals surface area (Å²) >= 11 is 0. The van der Waals surface area contributed by atoms with Crippen LogP contribution in [0.1, 0.15) is 48.0 Å². The minimum atomic E-state index is -0.536. The Hall–Kier alpha value is -3.52. The number of carbonyl (C=O) groups is 2. The monoisotopic (exact) mass is 475 g/mol. The van der Waals surface area contributed by atoms with Crippen LogP contribution in [-0.2, 0) is 9.53 Å². The summed E-state index contributed by atoms with van der Waals surface area (Å²) in [6, 6.07) is 13.4. The molecule has 1 fully saturated rings. The van der Waals surface area contributed by atoms with Crippen molar-refractivity contribution >= 4 is 22.8 Å². The highest BCUT2D eigenvalue weighted by atomic mass is 16.6. The van der Waals surface area contributed by atoms with E-state index in [1.165, 1.54) is 12.6 Å². The van der Waals surface area contributed by atoms with Crippen molar-refractivity contribution in [1.29, 1.82) is 0 Å². The van der Waals surface area contributed by atoms with Gasteiger partial charge >= 0.3 is 12.1 Å². The van der Waals surface area contributed by atoms with Crippen LogP contribution in [0.4, 0.5) is 4.79 Å². The molecule has 1 saturated carbocycles. The van der Waals surface area contributed by atoms with Gasteiger partial charge in [-0.15, -0.1) is 6.42 Å². The van der Waals surface area contributed by atoms with E-state index in [0.29, 0.717) is 5.75 Å². The van der Waals surface area contributed by atoms with E-state index in [2.05, 4.69) is 45.0 Å². The van der Waals surface area contributed by atoms with Gasteiger partial charge in [-0.2, -0.15) is 0 Å². The van der Waals surface area contributed by atoms with E-state index in [4.69, 9.17) is 15.9 Å². The van der Waals surface area contributed by atoms with E-state index in [9.17, 15) is 9.59 Å². The fourth-order valence-electron chi connectivity index (χ4n) is 4.11. The molecule has 3 atom stereocenters. The molecule has 0 bridgehead atoms. The van der Waals surface area contributed by atoms with Crippen molar-refractivity contribution < 1.29 is 19.1 Å². The fraction of sp³-hybridized carbons (Fsp3) is 0.400. The molecule has 2 unspecified atom stereocenters. The maximum absolute atomic E-state index is 12.3. The summed E-state index contributed by atoms with van der Waals surface area (Å²) < 4.78 is 10.6. The molecule has 2 aromatic carbocycles. The van der Waals surface area contributed by atoms with Crippen LogP contribution in [0, 0.1) is 29.6 Å². The third kappa shape index (κ3) is 7.23. The lowest BCUT2D eigenvalue weighted by Crippen LogP contribution is -2.22. The summed E-state index contributed by atoms with van der Waals surface area (Å²) in [5.41, 5.74) is 2.13. The number of benzene rings is 2. The molecular weight excluding hydrogens is 438 g/mol. The van der Waals surface area contributed by atoms with Crippen molar-refractivity contribution in [3.05, 3.63) is 65.8 Å². The van der Waals surface area contributed by atoms with Gasteiger partial charge in [0.05, 0.1) is 5.92 Å². The van der Waals surface area contributed by atoms with Crippen LogP contribution < -0.4 is 10.1 Å². The lowest BCUT2D eigenvalue weighted by atomic mass is 10.1. The zero-order valence-electron chi connectivity index (χ0n) is 21.8. The third-order valence-electron chi connectivity index (χ3n) is 6.16. The summed E-state index contributed by atoms with van der Waals surface area (Å²) in [4.78, 5) is 23.4. The number of rotatable bonds is 6. The highest BCUT2D eigenvalue weighted by Crippen LogP contribution is 2.60. The van der Waals surface area contributed by atoms with E-state index in [-0.39, 0.29) is 23.2 Å². The predicted molar refractivity (Wildman–Crippen MR) is 142 cm³/mol. The first-order valence-corrected chi connectivity index (χ1v) is 11.9. The number of allylic oxidation sites excluding steroid dienone is 3. The molecule has 5 heteroatoms. The molecule has 1 aliphatic rings. The number of esters is 1. The minimum absolute atomic E-state index is 0.0319. The van der Waals surface area contributed by atoms with Crippen LogP contribution in [0.3, 0.4) is 0 Å². The number of fused-ring (bicyclic) bond motifs is 1. The summed E-state index contributed by atoms with van der Waals surface area (Å²) in [6.07, 6.45) is 9.53. The van der Waals surface area contributed by atoms with Gasteiger partial charge in [0, 0.05) is 12.4 Å². The Labute approximate surface area is 209 Å². The number of nitrogens with one attached hydrogen (secondary N) is 1. The van der Waals surface area contributed by atoms with Gasteiger partial charge in [-0.05, 0) is 55.6 Å². The maximum atomic E-state index is 12.3. The van der Waals surface area contributed by atoms with E-state index in [1.807, 2.05) is 56.3 Å². The molecule has 1 aliphatic carbocycles. The second-order valence-electron chi connectivity index (χ2n) is 9.53. The van der Waals surface area contributed by atoms with Gasteiger partial charge in [-0.3, -0.25) is 4.79 Å². The molecule has 1 amide bonds. The molecule has 3 rings (SSSR count). The van der Waals surface area contributed by atoms with Crippen molar-refractivity contribution in [2.24, 2.45) is 17.3 Å². The number of amides is 1. The molecule has 0 radical (unpaired) electrons. The van der Waals surface area contributed by atoms with Crippen LogP contribution >= 0.6 is 0 Å². The van der Waals surface area contributed by atoms with Gasteiger partial charge in [0.2, 0.25) is 0 Å². The van der Waals surface area contributed by atoms with Crippen molar-refractivity contribution in [2.75, 3.05) is 7.05 Å². The third-order valence-corrected chi connectivity index (χ3v) is 6.16. The molecule has 35 heavy (non-hydrogen) atoms. The Morgan fingerprint density at radius 3 is 2.40 bits per heavy atom. The second-order valence-corrected chi connectivity index (χ2v) is 9.53. The Balaban J connectivity index is 0.000000256.